The average molecular weight is 351 g/mol. The number of rotatable bonds is 2. The van der Waals surface area contributed by atoms with Crippen molar-refractivity contribution in [1.29, 1.82) is 0 Å². The summed E-state index contributed by atoms with van der Waals surface area (Å²) in [6.45, 7) is 5.16. The Labute approximate surface area is 124 Å². The number of carboxylic acid groups (broad SMARTS) is 1. The van der Waals surface area contributed by atoms with Crippen LogP contribution in [0, 0.1) is 0 Å². The molecular formula is C12H13BrClNO4. The summed E-state index contributed by atoms with van der Waals surface area (Å²) in [5.41, 5.74) is -0.478. The van der Waals surface area contributed by atoms with Crippen LogP contribution >= 0.6 is 27.5 Å². The zero-order valence-electron chi connectivity index (χ0n) is 10.6. The van der Waals surface area contributed by atoms with Gasteiger partial charge in [-0.1, -0.05) is 11.6 Å². The highest BCUT2D eigenvalue weighted by Crippen LogP contribution is 2.30. The molecule has 1 aromatic carbocycles. The number of carboxylic acids is 1. The summed E-state index contributed by atoms with van der Waals surface area (Å²) in [6, 6.07) is 2.66. The zero-order chi connectivity index (χ0) is 14.8. The number of carbonyl (C=O) groups excluding carboxylic acids is 1. The number of hydrogen-bond donors (Lipinski definition) is 2. The first-order valence-corrected chi connectivity index (χ1v) is 6.49. The molecule has 0 spiro atoms. The molecule has 0 unspecified atom stereocenters. The molecule has 1 aromatic rings. The fraction of sp³-hybridized carbons (Fsp3) is 0.333. The Morgan fingerprint density at radius 2 is 1.95 bits per heavy atom. The maximum Gasteiger partial charge on any atom is 0.412 e. The largest absolute Gasteiger partial charge is 0.478 e. The van der Waals surface area contributed by atoms with E-state index in [0.29, 0.717) is 4.47 Å². The number of ether oxygens (including phenoxy) is 1. The molecule has 1 rings (SSSR count). The van der Waals surface area contributed by atoms with E-state index in [1.165, 1.54) is 12.1 Å². The van der Waals surface area contributed by atoms with Gasteiger partial charge < -0.3 is 9.84 Å². The molecule has 0 aromatic heterocycles. The van der Waals surface area contributed by atoms with Gasteiger partial charge in [0.15, 0.2) is 0 Å². The number of aromatic carboxylic acids is 1. The molecule has 5 nitrogen and oxygen atoms in total. The molecule has 0 saturated carbocycles. The van der Waals surface area contributed by atoms with Gasteiger partial charge in [-0.15, -0.1) is 0 Å². The molecule has 0 saturated heterocycles. The van der Waals surface area contributed by atoms with Crippen molar-refractivity contribution in [3.63, 3.8) is 0 Å². The van der Waals surface area contributed by atoms with E-state index in [-0.39, 0.29) is 16.3 Å². The molecule has 0 bridgehead atoms. The third-order valence-corrected chi connectivity index (χ3v) is 2.89. The van der Waals surface area contributed by atoms with Crippen molar-refractivity contribution in [2.24, 2.45) is 0 Å². The minimum Gasteiger partial charge on any atom is -0.478 e. The lowest BCUT2D eigenvalue weighted by molar-refractivity contribution is 0.0632. The van der Waals surface area contributed by atoms with E-state index in [1.54, 1.807) is 20.8 Å². The first kappa shape index (κ1) is 15.8. The van der Waals surface area contributed by atoms with Crippen LogP contribution in [-0.2, 0) is 4.74 Å². The molecule has 19 heavy (non-hydrogen) atoms. The van der Waals surface area contributed by atoms with Crippen LogP contribution in [0.15, 0.2) is 16.6 Å². The smallest absolute Gasteiger partial charge is 0.412 e. The van der Waals surface area contributed by atoms with E-state index >= 15 is 0 Å². The summed E-state index contributed by atoms with van der Waals surface area (Å²) in [4.78, 5) is 22.6. The highest BCUT2D eigenvalue weighted by atomic mass is 79.9. The van der Waals surface area contributed by atoms with Gasteiger partial charge in [0.25, 0.3) is 0 Å². The fourth-order valence-corrected chi connectivity index (χ4v) is 2.08. The molecule has 1 amide bonds. The number of benzene rings is 1. The van der Waals surface area contributed by atoms with Crippen LogP contribution in [0.25, 0.3) is 0 Å². The minimum atomic E-state index is -1.13. The van der Waals surface area contributed by atoms with E-state index in [4.69, 9.17) is 21.4 Å². The van der Waals surface area contributed by atoms with Gasteiger partial charge in [0.1, 0.15) is 5.60 Å². The maximum atomic E-state index is 11.6. The molecule has 2 N–H and O–H groups in total. The van der Waals surface area contributed by atoms with Crippen molar-refractivity contribution in [2.45, 2.75) is 26.4 Å². The molecule has 0 aliphatic carbocycles. The van der Waals surface area contributed by atoms with Crippen molar-refractivity contribution in [3.8, 4) is 0 Å². The van der Waals surface area contributed by atoms with Crippen LogP contribution in [0.5, 0.6) is 0 Å². The van der Waals surface area contributed by atoms with E-state index in [9.17, 15) is 9.59 Å². The maximum absolute atomic E-state index is 11.6. The number of amides is 1. The summed E-state index contributed by atoms with van der Waals surface area (Å²) >= 11 is 9.02. The Balaban J connectivity index is 2.99. The summed E-state index contributed by atoms with van der Waals surface area (Å²) in [5, 5.41) is 11.6. The highest BCUT2D eigenvalue weighted by molar-refractivity contribution is 9.10. The number of hydrogen-bond acceptors (Lipinski definition) is 3. The van der Waals surface area contributed by atoms with Gasteiger partial charge in [0, 0.05) is 4.47 Å². The third kappa shape index (κ3) is 4.72. The normalized spacial score (nSPS) is 11.0. The van der Waals surface area contributed by atoms with Crippen molar-refractivity contribution in [2.75, 3.05) is 5.32 Å². The molecule has 104 valence electrons. The number of nitrogens with one attached hydrogen (secondary N) is 1. The highest BCUT2D eigenvalue weighted by Gasteiger charge is 2.19. The summed E-state index contributed by atoms with van der Waals surface area (Å²) in [6.07, 6.45) is -0.701. The zero-order valence-corrected chi connectivity index (χ0v) is 12.9. The topological polar surface area (TPSA) is 75.6 Å². The predicted molar refractivity (Wildman–Crippen MR) is 76.0 cm³/mol. The van der Waals surface area contributed by atoms with Crippen molar-refractivity contribution < 1.29 is 19.4 Å². The minimum absolute atomic E-state index is 0.00420. The van der Waals surface area contributed by atoms with E-state index < -0.39 is 17.7 Å². The Hall–Kier alpha value is -1.27. The van der Waals surface area contributed by atoms with Crippen LogP contribution < -0.4 is 5.32 Å². The van der Waals surface area contributed by atoms with Crippen molar-refractivity contribution >= 4 is 45.3 Å². The summed E-state index contributed by atoms with van der Waals surface area (Å²) < 4.78 is 5.39. The van der Waals surface area contributed by atoms with Gasteiger partial charge in [-0.25, -0.2) is 9.59 Å². The van der Waals surface area contributed by atoms with Crippen molar-refractivity contribution in [1.82, 2.24) is 0 Å². The average Bonchev–Trinajstić information content (AvgIpc) is 2.18. The molecule has 0 radical (unpaired) electrons. The van der Waals surface area contributed by atoms with Crippen LogP contribution in [0.2, 0.25) is 5.02 Å². The summed E-state index contributed by atoms with van der Waals surface area (Å²) in [5.74, 6) is -1.13. The lowest BCUT2D eigenvalue weighted by Gasteiger charge is -2.20. The van der Waals surface area contributed by atoms with Crippen LogP contribution in [0.1, 0.15) is 31.1 Å². The lowest BCUT2D eigenvalue weighted by Crippen LogP contribution is -2.27. The molecule has 7 heteroatoms. The third-order valence-electron chi connectivity index (χ3n) is 1.92. The first-order valence-electron chi connectivity index (χ1n) is 5.32. The van der Waals surface area contributed by atoms with Crippen LogP contribution in [-0.4, -0.2) is 22.8 Å². The molecule has 0 heterocycles. The van der Waals surface area contributed by atoms with Gasteiger partial charge in [-0.05, 0) is 48.8 Å². The second kappa shape index (κ2) is 5.79. The van der Waals surface area contributed by atoms with E-state index in [0.717, 1.165) is 0 Å². The first-order chi connectivity index (χ1) is 8.60. The second-order valence-electron chi connectivity index (χ2n) is 4.74. The lowest BCUT2D eigenvalue weighted by atomic mass is 10.2. The Kier molecular flexibility index (Phi) is 4.81. The molecular weight excluding hydrogens is 337 g/mol. The van der Waals surface area contributed by atoms with E-state index in [1.807, 2.05) is 0 Å². The molecule has 0 fully saturated rings. The summed E-state index contributed by atoms with van der Waals surface area (Å²) in [7, 11) is 0. The Bertz CT molecular complexity index is 525. The predicted octanol–water partition coefficient (Wildman–Crippen LogP) is 4.15. The Morgan fingerprint density at radius 3 is 2.42 bits per heavy atom. The van der Waals surface area contributed by atoms with E-state index in [2.05, 4.69) is 21.2 Å². The number of anilines is 1. The molecule has 0 aliphatic heterocycles. The fourth-order valence-electron chi connectivity index (χ4n) is 1.22. The van der Waals surface area contributed by atoms with Crippen LogP contribution in [0.3, 0.4) is 0 Å². The SMILES string of the molecule is CC(C)(C)OC(=O)Nc1cc(C(=O)O)c(Br)cc1Cl. The van der Waals surface area contributed by atoms with Gasteiger partial charge in [-0.3, -0.25) is 5.32 Å². The second-order valence-corrected chi connectivity index (χ2v) is 6.01. The van der Waals surface area contributed by atoms with Crippen molar-refractivity contribution in [3.05, 3.63) is 27.2 Å². The molecule has 0 aliphatic rings. The van der Waals surface area contributed by atoms with Gasteiger partial charge in [0.05, 0.1) is 16.3 Å². The van der Waals surface area contributed by atoms with Crippen LogP contribution in [0.4, 0.5) is 10.5 Å². The quantitative estimate of drug-likeness (QED) is 0.840. The standard InChI is InChI=1S/C12H13BrClNO4/c1-12(2,3)19-11(18)15-9-4-6(10(16)17)7(13)5-8(9)14/h4-5H,1-3H3,(H,15,18)(H,16,17). The van der Waals surface area contributed by atoms with Gasteiger partial charge in [-0.2, -0.15) is 0 Å². The monoisotopic (exact) mass is 349 g/mol. The Morgan fingerprint density at radius 1 is 1.37 bits per heavy atom. The molecule has 0 atom stereocenters. The van der Waals surface area contributed by atoms with Gasteiger partial charge >= 0.3 is 12.1 Å². The number of carbonyl (C=O) groups is 2. The van der Waals surface area contributed by atoms with Gasteiger partial charge in [0.2, 0.25) is 0 Å². The number of halogens is 2.